The maximum atomic E-state index is 10.7. The average Bonchev–Trinajstić information content (AvgIpc) is 3.64. The molecule has 0 saturated carbocycles. The Morgan fingerprint density at radius 3 is 2.00 bits per heavy atom. The number of rotatable bonds is 11. The van der Waals surface area contributed by atoms with Gasteiger partial charge in [-0.2, -0.15) is 0 Å². The van der Waals surface area contributed by atoms with Gasteiger partial charge in [0.1, 0.15) is 5.60 Å². The van der Waals surface area contributed by atoms with E-state index in [1.807, 2.05) is 67.8 Å². The van der Waals surface area contributed by atoms with Crippen molar-refractivity contribution in [2.45, 2.75) is 97.2 Å². The minimum absolute atomic E-state index is 0.0806. The van der Waals surface area contributed by atoms with Gasteiger partial charge in [-0.15, -0.1) is 17.9 Å². The van der Waals surface area contributed by atoms with E-state index < -0.39 is 11.4 Å². The fourth-order valence-corrected chi connectivity index (χ4v) is 3.78. The van der Waals surface area contributed by atoms with Crippen LogP contribution in [0.2, 0.25) is 0 Å². The van der Waals surface area contributed by atoms with Crippen LogP contribution in [0.25, 0.3) is 0 Å². The van der Waals surface area contributed by atoms with Crippen molar-refractivity contribution in [3.8, 4) is 0 Å². The van der Waals surface area contributed by atoms with Crippen molar-refractivity contribution in [2.75, 3.05) is 40.1 Å². The molecule has 0 aliphatic carbocycles. The van der Waals surface area contributed by atoms with Crippen molar-refractivity contribution < 1.29 is 49.6 Å². The summed E-state index contributed by atoms with van der Waals surface area (Å²) in [4.78, 5) is 11.9. The maximum absolute atomic E-state index is 10.7. The Morgan fingerprint density at radius 2 is 1.62 bits per heavy atom. The average molecular weight is 661 g/mol. The SMILES string of the molecule is C=CCCCCO.CC(C)(C)OC(=O)CCO.CC1(C)OCC(CCO)O1.CO.OCCc1cccs1.OCc1ccccc1. The lowest BCUT2D eigenvalue weighted by atomic mass is 10.2. The zero-order valence-corrected chi connectivity index (χ0v) is 29.0. The van der Waals surface area contributed by atoms with Gasteiger partial charge in [-0.1, -0.05) is 42.5 Å². The molecule has 1 aromatic carbocycles. The van der Waals surface area contributed by atoms with E-state index in [-0.39, 0.29) is 44.9 Å². The number of hydrogen-bond acceptors (Lipinski definition) is 11. The number of esters is 1. The van der Waals surface area contributed by atoms with Crippen LogP contribution >= 0.6 is 11.3 Å². The number of benzene rings is 1. The van der Waals surface area contributed by atoms with Gasteiger partial charge in [-0.05, 0) is 77.3 Å². The predicted molar refractivity (Wildman–Crippen MR) is 181 cm³/mol. The van der Waals surface area contributed by atoms with E-state index in [1.165, 1.54) is 4.88 Å². The summed E-state index contributed by atoms with van der Waals surface area (Å²) in [6.07, 6.45) is 6.51. The zero-order valence-electron chi connectivity index (χ0n) is 28.2. The van der Waals surface area contributed by atoms with E-state index >= 15 is 0 Å². The highest BCUT2D eigenvalue weighted by Gasteiger charge is 2.31. The van der Waals surface area contributed by atoms with Crippen LogP contribution in [-0.2, 0) is 32.0 Å². The molecule has 6 N–H and O–H groups in total. The molecule has 3 rings (SSSR count). The lowest BCUT2D eigenvalue weighted by molar-refractivity contribution is -0.155. The van der Waals surface area contributed by atoms with Crippen molar-refractivity contribution >= 4 is 17.3 Å². The number of unbranched alkanes of at least 4 members (excludes halogenated alkanes) is 2. The number of hydrogen-bond donors (Lipinski definition) is 6. The number of thiophene rings is 1. The maximum Gasteiger partial charge on any atom is 0.308 e. The first-order chi connectivity index (χ1) is 21.4. The largest absolute Gasteiger partial charge is 0.460 e. The lowest BCUT2D eigenvalue weighted by Gasteiger charge is -2.18. The van der Waals surface area contributed by atoms with E-state index in [1.54, 1.807) is 32.1 Å². The standard InChI is InChI=1S/2C7H14O3.C7H8O.C6H8OS.C6H12O.CH4O/c1-7(2)9-5-6(10-7)3-4-8;1-7(2,3)10-6(9)4-5-8;8-6-7-4-2-1-3-5-7;7-4-3-6-2-1-5-8-6;1-2-3-4-5-6-7;1-2/h6,8H,3-5H2,1-2H3;8H,4-5H2,1-3H3;1-5,8H,6H2;1-2,5,7H,3-4H2;2,7H,1,3-6H2;2H,1H3. The quantitative estimate of drug-likeness (QED) is 0.114. The van der Waals surface area contributed by atoms with Crippen LogP contribution in [0.15, 0.2) is 60.5 Å². The summed E-state index contributed by atoms with van der Waals surface area (Å²) in [5.74, 6) is -0.796. The van der Waals surface area contributed by atoms with Crippen LogP contribution in [0.1, 0.15) is 77.2 Å². The Balaban J connectivity index is -0.000000486. The first-order valence-electron chi connectivity index (χ1n) is 15.1. The molecule has 1 aliphatic heterocycles. The first-order valence-corrected chi connectivity index (χ1v) is 16.0. The molecule has 2 aromatic rings. The Labute approximate surface area is 274 Å². The third-order valence-corrected chi connectivity index (χ3v) is 5.97. The lowest BCUT2D eigenvalue weighted by Crippen LogP contribution is -2.24. The second kappa shape index (κ2) is 31.8. The highest BCUT2D eigenvalue weighted by Crippen LogP contribution is 2.23. The third kappa shape index (κ3) is 34.5. The van der Waals surface area contributed by atoms with E-state index in [4.69, 9.17) is 44.8 Å². The van der Waals surface area contributed by atoms with Crippen LogP contribution in [0, 0.1) is 0 Å². The van der Waals surface area contributed by atoms with Gasteiger partial charge in [-0.25, -0.2) is 0 Å². The summed E-state index contributed by atoms with van der Waals surface area (Å²) >= 11 is 1.69. The minimum Gasteiger partial charge on any atom is -0.460 e. The summed E-state index contributed by atoms with van der Waals surface area (Å²) in [5.41, 5.74) is 0.527. The highest BCUT2D eigenvalue weighted by atomic mass is 32.1. The van der Waals surface area contributed by atoms with Gasteiger partial charge in [-0.3, -0.25) is 4.79 Å². The molecular weight excluding hydrogens is 600 g/mol. The summed E-state index contributed by atoms with van der Waals surface area (Å²) in [6.45, 7) is 14.0. The molecule has 0 spiro atoms. The summed E-state index contributed by atoms with van der Waals surface area (Å²) in [6, 6.07) is 13.5. The van der Waals surface area contributed by atoms with Gasteiger partial charge < -0.3 is 44.8 Å². The molecule has 10 nitrogen and oxygen atoms in total. The molecular formula is C34H60O10S. The van der Waals surface area contributed by atoms with Crippen LogP contribution in [0.5, 0.6) is 0 Å². The van der Waals surface area contributed by atoms with Gasteiger partial charge in [0.15, 0.2) is 5.79 Å². The van der Waals surface area contributed by atoms with Crippen molar-refractivity contribution in [2.24, 2.45) is 0 Å². The van der Waals surface area contributed by atoms with Crippen molar-refractivity contribution in [3.63, 3.8) is 0 Å². The Bertz CT molecular complexity index is 884. The van der Waals surface area contributed by atoms with Crippen molar-refractivity contribution in [1.82, 2.24) is 0 Å². The smallest absolute Gasteiger partial charge is 0.308 e. The fraction of sp³-hybridized carbons (Fsp3) is 0.618. The van der Waals surface area contributed by atoms with Crippen LogP contribution in [-0.4, -0.2) is 94.2 Å². The Morgan fingerprint density at radius 1 is 0.978 bits per heavy atom. The first kappa shape index (κ1) is 47.2. The van der Waals surface area contributed by atoms with E-state index in [0.717, 1.165) is 38.4 Å². The molecule has 0 amide bonds. The van der Waals surface area contributed by atoms with Crippen LogP contribution in [0.3, 0.4) is 0 Å². The Kier molecular flexibility index (Phi) is 33.3. The van der Waals surface area contributed by atoms with Gasteiger partial charge in [0, 0.05) is 38.2 Å². The molecule has 0 radical (unpaired) electrons. The second-order valence-electron chi connectivity index (χ2n) is 10.7. The molecule has 1 unspecified atom stereocenters. The molecule has 1 aliphatic rings. The molecule has 0 bridgehead atoms. The topological polar surface area (TPSA) is 166 Å². The molecule has 262 valence electrons. The number of ether oxygens (including phenoxy) is 3. The van der Waals surface area contributed by atoms with Crippen LogP contribution < -0.4 is 0 Å². The van der Waals surface area contributed by atoms with E-state index in [0.29, 0.717) is 19.6 Å². The summed E-state index contributed by atoms with van der Waals surface area (Å²) in [5, 5.41) is 51.2. The third-order valence-electron chi connectivity index (χ3n) is 5.03. The van der Waals surface area contributed by atoms with Gasteiger partial charge in [0.25, 0.3) is 0 Å². The number of aliphatic hydroxyl groups is 6. The number of allylic oxidation sites excluding steroid dienone is 1. The van der Waals surface area contributed by atoms with Crippen molar-refractivity contribution in [1.29, 1.82) is 0 Å². The normalized spacial score (nSPS) is 14.2. The molecule has 45 heavy (non-hydrogen) atoms. The molecule has 11 heteroatoms. The van der Waals surface area contributed by atoms with Crippen LogP contribution in [0.4, 0.5) is 0 Å². The van der Waals surface area contributed by atoms with Crippen molar-refractivity contribution in [3.05, 3.63) is 70.9 Å². The monoisotopic (exact) mass is 660 g/mol. The molecule has 1 fully saturated rings. The van der Waals surface area contributed by atoms with E-state index in [9.17, 15) is 4.79 Å². The molecule has 1 atom stereocenters. The fourth-order valence-electron chi connectivity index (χ4n) is 3.08. The molecule has 1 aromatic heterocycles. The predicted octanol–water partition coefficient (Wildman–Crippen LogP) is 4.64. The number of carbonyl (C=O) groups excluding carboxylic acids is 1. The highest BCUT2D eigenvalue weighted by molar-refractivity contribution is 7.09. The zero-order chi connectivity index (χ0) is 35.0. The molecule has 2 heterocycles. The van der Waals surface area contributed by atoms with E-state index in [2.05, 4.69) is 6.58 Å². The number of aliphatic hydroxyl groups excluding tert-OH is 6. The molecule has 1 saturated heterocycles. The van der Waals surface area contributed by atoms with Gasteiger partial charge >= 0.3 is 5.97 Å². The second-order valence-corrected chi connectivity index (χ2v) is 11.8. The number of carbonyl (C=O) groups is 1. The Hall–Kier alpha value is -2.19. The van der Waals surface area contributed by atoms with Gasteiger partial charge in [0.2, 0.25) is 0 Å². The van der Waals surface area contributed by atoms with Gasteiger partial charge in [0.05, 0.1) is 32.3 Å². The minimum atomic E-state index is -0.445. The summed E-state index contributed by atoms with van der Waals surface area (Å²) < 4.78 is 15.6. The summed E-state index contributed by atoms with van der Waals surface area (Å²) in [7, 11) is 1.00.